The number of rotatable bonds is 5. The predicted molar refractivity (Wildman–Crippen MR) is 94.9 cm³/mol. The Kier molecular flexibility index (Phi) is 4.72. The summed E-state index contributed by atoms with van der Waals surface area (Å²) in [5.41, 5.74) is 9.28. The molecule has 1 heterocycles. The molecule has 0 aliphatic carbocycles. The molecule has 0 saturated carbocycles. The van der Waals surface area contributed by atoms with Crippen LogP contribution in [0.25, 0.3) is 10.9 Å². The summed E-state index contributed by atoms with van der Waals surface area (Å²) in [6.07, 6.45) is 4.21. The average Bonchev–Trinajstić information content (AvgIpc) is 2.86. The van der Waals surface area contributed by atoms with Gasteiger partial charge in [-0.1, -0.05) is 47.5 Å². The minimum absolute atomic E-state index is 0.662. The summed E-state index contributed by atoms with van der Waals surface area (Å²) in [6.45, 7) is 1.45. The number of nitrogens with two attached hydrogens (primary N) is 1. The second-order valence-corrected chi connectivity index (χ2v) is 6.27. The largest absolute Gasteiger partial charge is 0.343 e. The number of hydrogen-bond acceptors (Lipinski definition) is 1. The van der Waals surface area contributed by atoms with E-state index in [1.165, 1.54) is 16.5 Å². The molecule has 0 aliphatic heterocycles. The molecule has 2 nitrogen and oxygen atoms in total. The van der Waals surface area contributed by atoms with Crippen molar-refractivity contribution in [3.05, 3.63) is 69.8 Å². The van der Waals surface area contributed by atoms with Gasteiger partial charge in [-0.25, -0.2) is 0 Å². The molecule has 2 N–H and O–H groups in total. The van der Waals surface area contributed by atoms with Crippen molar-refractivity contribution >= 4 is 34.1 Å². The maximum atomic E-state index is 6.31. The molecular weight excluding hydrogens is 315 g/mol. The van der Waals surface area contributed by atoms with E-state index in [-0.39, 0.29) is 0 Å². The molecule has 0 spiro atoms. The third-order valence-electron chi connectivity index (χ3n) is 3.88. The lowest BCUT2D eigenvalue weighted by atomic mass is 10.1. The first-order valence-electron chi connectivity index (χ1n) is 7.40. The summed E-state index contributed by atoms with van der Waals surface area (Å²) in [5.74, 6) is 0. The smallest absolute Gasteiger partial charge is 0.0491 e. The zero-order valence-corrected chi connectivity index (χ0v) is 13.7. The molecule has 1 aromatic heterocycles. The fourth-order valence-electron chi connectivity index (χ4n) is 2.78. The molecule has 0 atom stereocenters. The van der Waals surface area contributed by atoms with E-state index in [4.69, 9.17) is 28.9 Å². The van der Waals surface area contributed by atoms with Crippen LogP contribution in [-0.2, 0) is 13.0 Å². The average molecular weight is 333 g/mol. The van der Waals surface area contributed by atoms with Crippen LogP contribution in [0.5, 0.6) is 0 Å². The molecule has 0 fully saturated rings. The van der Waals surface area contributed by atoms with E-state index in [2.05, 4.69) is 35.0 Å². The van der Waals surface area contributed by atoms with Crippen LogP contribution in [0.2, 0.25) is 10.0 Å². The first kappa shape index (κ1) is 15.4. The van der Waals surface area contributed by atoms with Crippen molar-refractivity contribution in [2.24, 2.45) is 5.73 Å². The van der Waals surface area contributed by atoms with Gasteiger partial charge in [-0.15, -0.1) is 0 Å². The summed E-state index contributed by atoms with van der Waals surface area (Å²) in [7, 11) is 0. The second kappa shape index (κ2) is 6.74. The molecule has 0 unspecified atom stereocenters. The molecule has 0 radical (unpaired) electrons. The van der Waals surface area contributed by atoms with E-state index in [9.17, 15) is 0 Å². The highest BCUT2D eigenvalue weighted by Crippen LogP contribution is 2.26. The number of hydrogen-bond donors (Lipinski definition) is 1. The van der Waals surface area contributed by atoms with Gasteiger partial charge in [0.05, 0.1) is 0 Å². The molecule has 3 aromatic rings. The number of fused-ring (bicyclic) bond motifs is 1. The van der Waals surface area contributed by atoms with Crippen molar-refractivity contribution in [2.45, 2.75) is 19.4 Å². The van der Waals surface area contributed by atoms with E-state index >= 15 is 0 Å². The van der Waals surface area contributed by atoms with Crippen molar-refractivity contribution < 1.29 is 0 Å². The number of aromatic nitrogens is 1. The number of benzene rings is 2. The summed E-state index contributed by atoms with van der Waals surface area (Å²) in [5, 5.41) is 2.66. The van der Waals surface area contributed by atoms with Gasteiger partial charge in [-0.05, 0) is 48.7 Å². The van der Waals surface area contributed by atoms with Gasteiger partial charge in [0.15, 0.2) is 0 Å². The predicted octanol–water partition coefficient (Wildman–Crippen LogP) is 4.89. The zero-order valence-electron chi connectivity index (χ0n) is 12.2. The number of para-hydroxylation sites is 1. The van der Waals surface area contributed by atoms with Crippen LogP contribution in [-0.4, -0.2) is 11.1 Å². The van der Waals surface area contributed by atoms with Gasteiger partial charge in [0.2, 0.25) is 0 Å². The summed E-state index contributed by atoms with van der Waals surface area (Å²) >= 11 is 12.3. The Hall–Kier alpha value is -1.48. The maximum absolute atomic E-state index is 6.31. The quantitative estimate of drug-likeness (QED) is 0.708. The highest BCUT2D eigenvalue weighted by molar-refractivity contribution is 6.35. The Morgan fingerprint density at radius 3 is 2.59 bits per heavy atom. The van der Waals surface area contributed by atoms with Crippen LogP contribution >= 0.6 is 23.2 Å². The number of aryl methyl sites for hydroxylation is 1. The van der Waals surface area contributed by atoms with E-state index in [1.54, 1.807) is 6.07 Å². The molecule has 0 amide bonds. The standard InChI is InChI=1S/C18H18Cl2N2/c19-15-8-7-14(17(20)10-15)12-22-11-13(4-3-9-21)16-5-1-2-6-18(16)22/h1-2,5-8,10-11H,3-4,9,12,21H2. The molecule has 114 valence electrons. The van der Waals surface area contributed by atoms with Gasteiger partial charge < -0.3 is 10.3 Å². The molecule has 22 heavy (non-hydrogen) atoms. The Balaban J connectivity index is 1.99. The molecular formula is C18H18Cl2N2. The van der Waals surface area contributed by atoms with Crippen molar-refractivity contribution in [1.82, 2.24) is 4.57 Å². The van der Waals surface area contributed by atoms with Gasteiger partial charge in [0.1, 0.15) is 0 Å². The third-order valence-corrected chi connectivity index (χ3v) is 4.46. The summed E-state index contributed by atoms with van der Waals surface area (Å²) < 4.78 is 2.25. The van der Waals surface area contributed by atoms with Crippen LogP contribution in [0, 0.1) is 0 Å². The lowest BCUT2D eigenvalue weighted by Gasteiger charge is -2.08. The molecule has 3 rings (SSSR count). The monoisotopic (exact) mass is 332 g/mol. The molecule has 0 aliphatic rings. The van der Waals surface area contributed by atoms with Crippen molar-refractivity contribution in [2.75, 3.05) is 6.54 Å². The lowest BCUT2D eigenvalue weighted by Crippen LogP contribution is -2.00. The van der Waals surface area contributed by atoms with Crippen molar-refractivity contribution in [3.63, 3.8) is 0 Å². The Morgan fingerprint density at radius 2 is 1.82 bits per heavy atom. The van der Waals surface area contributed by atoms with Crippen LogP contribution in [0.15, 0.2) is 48.7 Å². The Labute approximate surface area is 140 Å². The van der Waals surface area contributed by atoms with E-state index < -0.39 is 0 Å². The molecule has 0 saturated heterocycles. The lowest BCUT2D eigenvalue weighted by molar-refractivity contribution is 0.806. The second-order valence-electron chi connectivity index (χ2n) is 5.43. The third kappa shape index (κ3) is 3.14. The summed E-state index contributed by atoms with van der Waals surface area (Å²) in [4.78, 5) is 0. The van der Waals surface area contributed by atoms with Gasteiger partial charge in [-0.2, -0.15) is 0 Å². The topological polar surface area (TPSA) is 30.9 Å². The van der Waals surface area contributed by atoms with E-state index in [0.29, 0.717) is 16.6 Å². The van der Waals surface area contributed by atoms with Crippen LogP contribution in [0.3, 0.4) is 0 Å². The van der Waals surface area contributed by atoms with Gasteiger partial charge >= 0.3 is 0 Å². The van der Waals surface area contributed by atoms with Crippen LogP contribution < -0.4 is 5.73 Å². The minimum atomic E-state index is 0.662. The first-order valence-corrected chi connectivity index (χ1v) is 8.15. The highest BCUT2D eigenvalue weighted by Gasteiger charge is 2.09. The molecule has 4 heteroatoms. The fraction of sp³-hybridized carbons (Fsp3) is 0.222. The maximum Gasteiger partial charge on any atom is 0.0491 e. The van der Waals surface area contributed by atoms with Crippen molar-refractivity contribution in [1.29, 1.82) is 0 Å². The Morgan fingerprint density at radius 1 is 1.00 bits per heavy atom. The van der Waals surface area contributed by atoms with Crippen molar-refractivity contribution in [3.8, 4) is 0 Å². The highest BCUT2D eigenvalue weighted by atomic mass is 35.5. The van der Waals surface area contributed by atoms with E-state index in [1.807, 2.05) is 12.1 Å². The van der Waals surface area contributed by atoms with E-state index in [0.717, 1.165) is 24.9 Å². The van der Waals surface area contributed by atoms with Gasteiger partial charge in [0, 0.05) is 33.7 Å². The number of halogens is 2. The van der Waals surface area contributed by atoms with Crippen LogP contribution in [0.1, 0.15) is 17.5 Å². The summed E-state index contributed by atoms with van der Waals surface area (Å²) in [6, 6.07) is 14.1. The van der Waals surface area contributed by atoms with Gasteiger partial charge in [-0.3, -0.25) is 0 Å². The van der Waals surface area contributed by atoms with Gasteiger partial charge in [0.25, 0.3) is 0 Å². The fourth-order valence-corrected chi connectivity index (χ4v) is 3.25. The number of nitrogens with zero attached hydrogens (tertiary/aromatic N) is 1. The normalized spacial score (nSPS) is 11.2. The minimum Gasteiger partial charge on any atom is -0.343 e. The first-order chi connectivity index (χ1) is 10.7. The molecule has 0 bridgehead atoms. The zero-order chi connectivity index (χ0) is 15.5. The SMILES string of the molecule is NCCCc1cn(Cc2ccc(Cl)cc2Cl)c2ccccc12. The molecule has 2 aromatic carbocycles. The Bertz CT molecular complexity index is 793. The van der Waals surface area contributed by atoms with Crippen LogP contribution in [0.4, 0.5) is 0 Å².